The maximum atomic E-state index is 11.7. The molecule has 0 aromatic carbocycles. The number of likely N-dealkylation sites (N-methyl/N-ethyl adjacent to an activating group) is 1. The second-order valence-corrected chi connectivity index (χ2v) is 5.05. The fraction of sp³-hybridized carbons (Fsp3) is 0.273. The second kappa shape index (κ2) is 4.88. The Labute approximate surface area is 113 Å². The van der Waals surface area contributed by atoms with Crippen molar-refractivity contribution in [2.75, 3.05) is 24.2 Å². The zero-order valence-electron chi connectivity index (χ0n) is 10.3. The largest absolute Gasteiger partial charge is 0.355 e. The van der Waals surface area contributed by atoms with Crippen LogP contribution in [0.5, 0.6) is 0 Å². The van der Waals surface area contributed by atoms with Crippen LogP contribution in [0.3, 0.4) is 0 Å². The maximum Gasteiger partial charge on any atom is 0.258 e. The molecule has 8 heteroatoms. The summed E-state index contributed by atoms with van der Waals surface area (Å²) >= 11 is 1.54. The number of aromatic nitrogens is 4. The van der Waals surface area contributed by atoms with Crippen LogP contribution in [0.2, 0.25) is 0 Å². The highest BCUT2D eigenvalue weighted by molar-refractivity contribution is 8.04. The average molecular weight is 276 g/mol. The standard InChI is InChI=1S/C11H12N6OS/c1-12-11(18)7-4-17(2-3-19-7)10-8-9(14-5-13-8)15-6-16-10/h4-6H,2-3H2,1H3,(H,12,18)(H,13,14,15,16). The minimum atomic E-state index is -0.0791. The molecule has 98 valence electrons. The number of amides is 1. The van der Waals surface area contributed by atoms with Gasteiger partial charge in [0.05, 0.1) is 11.2 Å². The van der Waals surface area contributed by atoms with E-state index >= 15 is 0 Å². The highest BCUT2D eigenvalue weighted by Crippen LogP contribution is 2.27. The molecule has 19 heavy (non-hydrogen) atoms. The van der Waals surface area contributed by atoms with Gasteiger partial charge in [-0.3, -0.25) is 4.79 Å². The molecule has 0 aliphatic carbocycles. The Morgan fingerprint density at radius 3 is 3.21 bits per heavy atom. The van der Waals surface area contributed by atoms with Gasteiger partial charge in [-0.15, -0.1) is 11.8 Å². The summed E-state index contributed by atoms with van der Waals surface area (Å²) in [5, 5.41) is 2.63. The number of H-pyrrole nitrogens is 1. The fourth-order valence-electron chi connectivity index (χ4n) is 1.88. The van der Waals surface area contributed by atoms with Gasteiger partial charge in [0.2, 0.25) is 0 Å². The van der Waals surface area contributed by atoms with Gasteiger partial charge < -0.3 is 15.2 Å². The van der Waals surface area contributed by atoms with Gasteiger partial charge in [-0.2, -0.15) is 0 Å². The molecule has 7 nitrogen and oxygen atoms in total. The van der Waals surface area contributed by atoms with Gasteiger partial charge in [0, 0.05) is 25.5 Å². The summed E-state index contributed by atoms with van der Waals surface area (Å²) in [7, 11) is 1.63. The third-order valence-corrected chi connectivity index (χ3v) is 3.78. The van der Waals surface area contributed by atoms with Crippen LogP contribution in [-0.4, -0.2) is 45.2 Å². The SMILES string of the molecule is CNC(=O)C1=CN(c2ncnc3nc[nH]c23)CCS1. The van der Waals surface area contributed by atoms with E-state index in [0.717, 1.165) is 23.6 Å². The lowest BCUT2D eigenvalue weighted by Gasteiger charge is -2.24. The summed E-state index contributed by atoms with van der Waals surface area (Å²) in [6.45, 7) is 0.788. The number of rotatable bonds is 2. The van der Waals surface area contributed by atoms with E-state index in [-0.39, 0.29) is 5.91 Å². The Morgan fingerprint density at radius 2 is 2.37 bits per heavy atom. The van der Waals surface area contributed by atoms with Crippen LogP contribution >= 0.6 is 11.8 Å². The predicted molar refractivity (Wildman–Crippen MR) is 73.6 cm³/mol. The number of aromatic amines is 1. The summed E-state index contributed by atoms with van der Waals surface area (Å²) in [5.74, 6) is 1.49. The summed E-state index contributed by atoms with van der Waals surface area (Å²) in [4.78, 5) is 29.8. The van der Waals surface area contributed by atoms with E-state index < -0.39 is 0 Å². The maximum absolute atomic E-state index is 11.7. The molecule has 0 fully saturated rings. The van der Waals surface area contributed by atoms with E-state index in [2.05, 4.69) is 25.3 Å². The van der Waals surface area contributed by atoms with Crippen molar-refractivity contribution < 1.29 is 4.79 Å². The number of hydrogen-bond acceptors (Lipinski definition) is 6. The van der Waals surface area contributed by atoms with Gasteiger partial charge >= 0.3 is 0 Å². The lowest BCUT2D eigenvalue weighted by atomic mass is 10.4. The Morgan fingerprint density at radius 1 is 1.47 bits per heavy atom. The molecule has 0 radical (unpaired) electrons. The van der Waals surface area contributed by atoms with Crippen molar-refractivity contribution in [2.24, 2.45) is 0 Å². The number of anilines is 1. The van der Waals surface area contributed by atoms with Crippen molar-refractivity contribution in [1.82, 2.24) is 25.3 Å². The molecule has 0 atom stereocenters. The van der Waals surface area contributed by atoms with Crippen molar-refractivity contribution in [3.63, 3.8) is 0 Å². The van der Waals surface area contributed by atoms with Crippen LogP contribution in [0.4, 0.5) is 5.82 Å². The predicted octanol–water partition coefficient (Wildman–Crippen LogP) is 0.493. The molecule has 1 aliphatic rings. The summed E-state index contributed by atoms with van der Waals surface area (Å²) in [5.41, 5.74) is 1.40. The normalized spacial score (nSPS) is 15.4. The van der Waals surface area contributed by atoms with E-state index in [0.29, 0.717) is 10.6 Å². The minimum Gasteiger partial charge on any atom is -0.355 e. The number of carbonyl (C=O) groups is 1. The van der Waals surface area contributed by atoms with Gasteiger partial charge in [-0.1, -0.05) is 0 Å². The number of fused-ring (bicyclic) bond motifs is 1. The molecule has 2 aromatic rings. The molecule has 1 aliphatic heterocycles. The van der Waals surface area contributed by atoms with E-state index in [1.54, 1.807) is 13.4 Å². The zero-order chi connectivity index (χ0) is 13.2. The molecule has 0 unspecified atom stereocenters. The fourth-order valence-corrected chi connectivity index (χ4v) is 2.82. The van der Waals surface area contributed by atoms with Crippen LogP contribution in [0.1, 0.15) is 0 Å². The molecule has 0 saturated heterocycles. The van der Waals surface area contributed by atoms with Gasteiger partial charge in [0.15, 0.2) is 11.5 Å². The number of carbonyl (C=O) groups excluding carboxylic acids is 1. The lowest BCUT2D eigenvalue weighted by molar-refractivity contribution is -0.116. The molecular formula is C11H12N6OS. The molecule has 2 aromatic heterocycles. The van der Waals surface area contributed by atoms with Gasteiger partial charge in [-0.05, 0) is 0 Å². The monoisotopic (exact) mass is 276 g/mol. The highest BCUT2D eigenvalue weighted by atomic mass is 32.2. The molecule has 0 spiro atoms. The lowest BCUT2D eigenvalue weighted by Crippen LogP contribution is -2.29. The van der Waals surface area contributed by atoms with Crippen LogP contribution in [0, 0.1) is 0 Å². The molecule has 0 bridgehead atoms. The molecule has 1 amide bonds. The summed E-state index contributed by atoms with van der Waals surface area (Å²) in [6.07, 6.45) is 4.88. The number of hydrogen-bond donors (Lipinski definition) is 2. The van der Waals surface area contributed by atoms with E-state index in [1.165, 1.54) is 18.1 Å². The first-order chi connectivity index (χ1) is 9.29. The van der Waals surface area contributed by atoms with Gasteiger partial charge in [0.25, 0.3) is 5.91 Å². The van der Waals surface area contributed by atoms with Crippen molar-refractivity contribution in [2.45, 2.75) is 0 Å². The number of nitrogens with one attached hydrogen (secondary N) is 2. The molecule has 3 rings (SSSR count). The molecule has 2 N–H and O–H groups in total. The van der Waals surface area contributed by atoms with Gasteiger partial charge in [0.1, 0.15) is 11.8 Å². The second-order valence-electron chi connectivity index (χ2n) is 3.91. The quantitative estimate of drug-likeness (QED) is 0.830. The number of nitrogens with zero attached hydrogens (tertiary/aromatic N) is 4. The first-order valence-corrected chi connectivity index (χ1v) is 6.75. The van der Waals surface area contributed by atoms with Crippen LogP contribution in [0.25, 0.3) is 11.2 Å². The number of imidazole rings is 1. The third-order valence-electron chi connectivity index (χ3n) is 2.79. The van der Waals surface area contributed by atoms with Crippen LogP contribution in [-0.2, 0) is 4.79 Å². The molecule has 0 saturated carbocycles. The Hall–Kier alpha value is -2.09. The van der Waals surface area contributed by atoms with Crippen molar-refractivity contribution in [1.29, 1.82) is 0 Å². The van der Waals surface area contributed by atoms with E-state index in [4.69, 9.17) is 0 Å². The van der Waals surface area contributed by atoms with Crippen LogP contribution in [0.15, 0.2) is 23.8 Å². The number of thioether (sulfide) groups is 1. The van der Waals surface area contributed by atoms with Crippen molar-refractivity contribution >= 4 is 34.7 Å². The van der Waals surface area contributed by atoms with Crippen molar-refractivity contribution in [3.05, 3.63) is 23.8 Å². The first-order valence-electron chi connectivity index (χ1n) is 5.77. The van der Waals surface area contributed by atoms with Crippen LogP contribution < -0.4 is 10.2 Å². The Kier molecular flexibility index (Phi) is 3.08. The molecule has 3 heterocycles. The van der Waals surface area contributed by atoms with E-state index in [1.807, 2.05) is 11.1 Å². The van der Waals surface area contributed by atoms with E-state index in [9.17, 15) is 4.79 Å². The Bertz CT molecular complexity index is 651. The van der Waals surface area contributed by atoms with Gasteiger partial charge in [-0.25, -0.2) is 15.0 Å². The minimum absolute atomic E-state index is 0.0791. The smallest absolute Gasteiger partial charge is 0.258 e. The summed E-state index contributed by atoms with van der Waals surface area (Å²) < 4.78 is 0. The zero-order valence-corrected chi connectivity index (χ0v) is 11.1. The topological polar surface area (TPSA) is 86.8 Å². The third kappa shape index (κ3) is 2.14. The first kappa shape index (κ1) is 12.0. The van der Waals surface area contributed by atoms with Crippen molar-refractivity contribution in [3.8, 4) is 0 Å². The molecular weight excluding hydrogens is 264 g/mol. The average Bonchev–Trinajstić information content (AvgIpc) is 2.94. The summed E-state index contributed by atoms with van der Waals surface area (Å²) in [6, 6.07) is 0. The Balaban J connectivity index is 2.02. The highest BCUT2D eigenvalue weighted by Gasteiger charge is 2.20.